The van der Waals surface area contributed by atoms with Crippen LogP contribution in [0.25, 0.3) is 46.1 Å². The van der Waals surface area contributed by atoms with Crippen LogP contribution in [0.3, 0.4) is 0 Å². The number of nitrogens with zero attached hydrogens (tertiary/aromatic N) is 3. The van der Waals surface area contributed by atoms with Crippen LogP contribution >= 0.6 is 0 Å². The minimum Gasteiger partial charge on any atom is -0.255 e. The minimum atomic E-state index is 0.831. The van der Waals surface area contributed by atoms with Gasteiger partial charge in [0.05, 0.1) is 22.8 Å². The van der Waals surface area contributed by atoms with E-state index in [0.29, 0.717) is 0 Å². The van der Waals surface area contributed by atoms with Gasteiger partial charge in [-0.05, 0) is 58.7 Å². The zero-order valence-corrected chi connectivity index (χ0v) is 17.5. The molecule has 0 aliphatic rings. The average molecular weight is 412 g/mol. The smallest absolute Gasteiger partial charge is 0.0894 e. The SMILES string of the molecule is C(=Cc1ccc(-c2ccnc(-c3cccc(-c4ccccn4)n3)c2)cc1)c1ccccc1. The Morgan fingerprint density at radius 3 is 1.84 bits per heavy atom. The first-order chi connectivity index (χ1) is 15.8. The Labute approximate surface area is 187 Å². The molecule has 0 spiro atoms. The van der Waals surface area contributed by atoms with E-state index < -0.39 is 0 Å². The van der Waals surface area contributed by atoms with Gasteiger partial charge >= 0.3 is 0 Å². The summed E-state index contributed by atoms with van der Waals surface area (Å²) < 4.78 is 0. The lowest BCUT2D eigenvalue weighted by Crippen LogP contribution is -1.92. The number of pyridine rings is 3. The van der Waals surface area contributed by atoms with Crippen molar-refractivity contribution in [1.82, 2.24) is 15.0 Å². The van der Waals surface area contributed by atoms with Crippen LogP contribution in [0, 0.1) is 0 Å². The lowest BCUT2D eigenvalue weighted by molar-refractivity contribution is 1.22. The maximum Gasteiger partial charge on any atom is 0.0894 e. The molecular formula is C29H21N3. The Morgan fingerprint density at radius 2 is 1.09 bits per heavy atom. The van der Waals surface area contributed by atoms with E-state index in [2.05, 4.69) is 64.6 Å². The van der Waals surface area contributed by atoms with E-state index in [4.69, 9.17) is 4.98 Å². The first-order valence-corrected chi connectivity index (χ1v) is 10.5. The zero-order valence-electron chi connectivity index (χ0n) is 17.5. The summed E-state index contributed by atoms with van der Waals surface area (Å²) >= 11 is 0. The third-order valence-electron chi connectivity index (χ3n) is 5.21. The number of hydrogen-bond acceptors (Lipinski definition) is 3. The molecule has 0 N–H and O–H groups in total. The van der Waals surface area contributed by atoms with Gasteiger partial charge in [0, 0.05) is 12.4 Å². The van der Waals surface area contributed by atoms with Crippen LogP contribution in [-0.4, -0.2) is 15.0 Å². The topological polar surface area (TPSA) is 38.7 Å². The van der Waals surface area contributed by atoms with Crippen molar-refractivity contribution in [3.63, 3.8) is 0 Å². The second-order valence-corrected chi connectivity index (χ2v) is 7.42. The Hall–Kier alpha value is -4.37. The summed E-state index contributed by atoms with van der Waals surface area (Å²) in [5.74, 6) is 0. The molecule has 152 valence electrons. The molecule has 3 nitrogen and oxygen atoms in total. The van der Waals surface area contributed by atoms with Gasteiger partial charge in [-0.25, -0.2) is 4.98 Å². The molecule has 32 heavy (non-hydrogen) atoms. The molecular weight excluding hydrogens is 390 g/mol. The predicted molar refractivity (Wildman–Crippen MR) is 132 cm³/mol. The first kappa shape index (κ1) is 19.6. The van der Waals surface area contributed by atoms with E-state index in [1.807, 2.05) is 66.9 Å². The van der Waals surface area contributed by atoms with Crippen LogP contribution in [0.4, 0.5) is 0 Å². The Balaban J connectivity index is 1.39. The van der Waals surface area contributed by atoms with Gasteiger partial charge in [-0.1, -0.05) is 78.9 Å². The fourth-order valence-corrected chi connectivity index (χ4v) is 3.53. The summed E-state index contributed by atoms with van der Waals surface area (Å²) in [6.07, 6.45) is 7.87. The summed E-state index contributed by atoms with van der Waals surface area (Å²) in [5.41, 5.74) is 7.97. The molecule has 0 radical (unpaired) electrons. The van der Waals surface area contributed by atoms with Gasteiger partial charge in [-0.15, -0.1) is 0 Å². The highest BCUT2D eigenvalue weighted by atomic mass is 14.8. The maximum absolute atomic E-state index is 4.78. The van der Waals surface area contributed by atoms with E-state index in [9.17, 15) is 0 Å². The normalized spacial score (nSPS) is 11.0. The Morgan fingerprint density at radius 1 is 0.438 bits per heavy atom. The highest BCUT2D eigenvalue weighted by molar-refractivity contribution is 5.73. The third kappa shape index (κ3) is 4.52. The molecule has 0 bridgehead atoms. The first-order valence-electron chi connectivity index (χ1n) is 10.5. The minimum absolute atomic E-state index is 0.831. The second-order valence-electron chi connectivity index (χ2n) is 7.42. The van der Waals surface area contributed by atoms with Crippen molar-refractivity contribution in [2.24, 2.45) is 0 Å². The number of rotatable bonds is 5. The fraction of sp³-hybridized carbons (Fsp3) is 0. The number of aromatic nitrogens is 3. The summed E-state index contributed by atoms with van der Waals surface area (Å²) in [6.45, 7) is 0. The molecule has 3 heteroatoms. The molecule has 0 saturated carbocycles. The molecule has 5 rings (SSSR count). The zero-order chi connectivity index (χ0) is 21.6. The monoisotopic (exact) mass is 411 g/mol. The van der Waals surface area contributed by atoms with Gasteiger partial charge in [0.2, 0.25) is 0 Å². The maximum atomic E-state index is 4.78. The molecule has 0 unspecified atom stereocenters. The second kappa shape index (κ2) is 9.19. The van der Waals surface area contributed by atoms with Crippen LogP contribution in [0.15, 0.2) is 116 Å². The van der Waals surface area contributed by atoms with Crippen molar-refractivity contribution in [3.8, 4) is 33.9 Å². The molecule has 2 aromatic carbocycles. The standard InChI is InChI=1S/C29H21N3/c1-2-7-22(8-3-1)12-13-23-14-16-24(17-15-23)25-18-20-31-29(21-25)28-11-6-10-27(32-28)26-9-4-5-19-30-26/h1-21H. The van der Waals surface area contributed by atoms with Crippen molar-refractivity contribution in [3.05, 3.63) is 127 Å². The predicted octanol–water partition coefficient (Wildman–Crippen LogP) is 7.04. The molecule has 0 amide bonds. The molecule has 0 saturated heterocycles. The molecule has 0 fully saturated rings. The van der Waals surface area contributed by atoms with Crippen LogP contribution < -0.4 is 0 Å². The van der Waals surface area contributed by atoms with Crippen molar-refractivity contribution in [1.29, 1.82) is 0 Å². The van der Waals surface area contributed by atoms with Gasteiger partial charge in [0.1, 0.15) is 0 Å². The highest BCUT2D eigenvalue weighted by Gasteiger charge is 2.07. The molecule has 3 heterocycles. The van der Waals surface area contributed by atoms with Crippen molar-refractivity contribution < 1.29 is 0 Å². The van der Waals surface area contributed by atoms with Gasteiger partial charge in [-0.2, -0.15) is 0 Å². The molecule has 0 aliphatic heterocycles. The van der Waals surface area contributed by atoms with Gasteiger partial charge in [-0.3, -0.25) is 9.97 Å². The molecule has 0 aliphatic carbocycles. The highest BCUT2D eigenvalue weighted by Crippen LogP contribution is 2.26. The Kier molecular flexibility index (Phi) is 5.62. The van der Waals surface area contributed by atoms with E-state index >= 15 is 0 Å². The van der Waals surface area contributed by atoms with Crippen LogP contribution in [0.2, 0.25) is 0 Å². The fourth-order valence-electron chi connectivity index (χ4n) is 3.53. The van der Waals surface area contributed by atoms with Gasteiger partial charge < -0.3 is 0 Å². The lowest BCUT2D eigenvalue weighted by atomic mass is 10.0. The van der Waals surface area contributed by atoms with Gasteiger partial charge in [0.25, 0.3) is 0 Å². The summed E-state index contributed by atoms with van der Waals surface area (Å²) in [7, 11) is 0. The van der Waals surface area contributed by atoms with Gasteiger partial charge in [0.15, 0.2) is 0 Å². The van der Waals surface area contributed by atoms with E-state index in [1.54, 1.807) is 6.20 Å². The largest absolute Gasteiger partial charge is 0.255 e. The number of benzene rings is 2. The molecule has 0 atom stereocenters. The van der Waals surface area contributed by atoms with Crippen molar-refractivity contribution in [2.45, 2.75) is 0 Å². The summed E-state index contributed by atoms with van der Waals surface area (Å²) in [5, 5.41) is 0. The number of hydrogen-bond donors (Lipinski definition) is 0. The third-order valence-corrected chi connectivity index (χ3v) is 5.21. The quantitative estimate of drug-likeness (QED) is 0.291. The van der Waals surface area contributed by atoms with E-state index in [1.165, 1.54) is 5.56 Å². The lowest BCUT2D eigenvalue weighted by Gasteiger charge is -2.07. The molecule has 3 aromatic heterocycles. The van der Waals surface area contributed by atoms with Crippen LogP contribution in [0.1, 0.15) is 11.1 Å². The van der Waals surface area contributed by atoms with Crippen molar-refractivity contribution >= 4 is 12.2 Å². The molecule has 5 aromatic rings. The summed E-state index contributed by atoms with van der Waals surface area (Å²) in [4.78, 5) is 13.7. The van der Waals surface area contributed by atoms with E-state index in [-0.39, 0.29) is 0 Å². The Bertz CT molecular complexity index is 1340. The van der Waals surface area contributed by atoms with Crippen molar-refractivity contribution in [2.75, 3.05) is 0 Å². The van der Waals surface area contributed by atoms with Crippen LogP contribution in [-0.2, 0) is 0 Å². The van der Waals surface area contributed by atoms with Crippen LogP contribution in [0.5, 0.6) is 0 Å². The van der Waals surface area contributed by atoms with E-state index in [0.717, 1.165) is 39.5 Å². The average Bonchev–Trinajstić information content (AvgIpc) is 2.89. The summed E-state index contributed by atoms with van der Waals surface area (Å²) in [6, 6.07) is 34.8.